The van der Waals surface area contributed by atoms with Gasteiger partial charge in [-0.1, -0.05) is 23.7 Å². The number of carbonyl (C=O) groups is 2. The lowest BCUT2D eigenvalue weighted by Gasteiger charge is -2.35. The van der Waals surface area contributed by atoms with Crippen molar-refractivity contribution < 1.29 is 18.4 Å². The van der Waals surface area contributed by atoms with E-state index in [4.69, 9.17) is 11.6 Å². The number of nitrogens with one attached hydrogen (secondary N) is 1. The fraction of sp³-hybridized carbons (Fsp3) is 0.222. The zero-order valence-electron chi connectivity index (χ0n) is 13.7. The van der Waals surface area contributed by atoms with E-state index in [0.29, 0.717) is 31.9 Å². The number of nitrogens with zero attached hydrogens (tertiary/aromatic N) is 2. The summed E-state index contributed by atoms with van der Waals surface area (Å²) >= 11 is 5.65. The number of halogens is 3. The maximum atomic E-state index is 13.8. The highest BCUT2D eigenvalue weighted by Crippen LogP contribution is 2.21. The van der Waals surface area contributed by atoms with Crippen LogP contribution in [0.1, 0.15) is 0 Å². The lowest BCUT2D eigenvalue weighted by Crippen LogP contribution is -2.51. The summed E-state index contributed by atoms with van der Waals surface area (Å²) in [6.07, 6.45) is 0. The standard InChI is InChI=1S/C18H16ClF2N3O2/c19-13-11-12(5-6-14(13)20)22-17(25)18(26)24-9-7-23(8-10-24)16-4-2-1-3-15(16)21/h1-6,11H,7-10H2,(H,22,25). The van der Waals surface area contributed by atoms with Gasteiger partial charge in [0.25, 0.3) is 0 Å². The van der Waals surface area contributed by atoms with Gasteiger partial charge in [-0.05, 0) is 30.3 Å². The van der Waals surface area contributed by atoms with Crippen LogP contribution in [-0.2, 0) is 9.59 Å². The van der Waals surface area contributed by atoms with E-state index in [2.05, 4.69) is 5.32 Å². The van der Waals surface area contributed by atoms with Crippen LogP contribution < -0.4 is 10.2 Å². The number of piperazine rings is 1. The molecular weight excluding hydrogens is 364 g/mol. The van der Waals surface area contributed by atoms with E-state index in [1.807, 2.05) is 4.90 Å². The van der Waals surface area contributed by atoms with E-state index in [1.54, 1.807) is 18.2 Å². The average Bonchev–Trinajstić information content (AvgIpc) is 2.65. The fourth-order valence-corrected chi connectivity index (χ4v) is 2.94. The molecule has 1 saturated heterocycles. The lowest BCUT2D eigenvalue weighted by molar-refractivity contribution is -0.143. The third kappa shape index (κ3) is 3.94. The largest absolute Gasteiger partial charge is 0.366 e. The predicted molar refractivity (Wildman–Crippen MR) is 95.2 cm³/mol. The zero-order chi connectivity index (χ0) is 18.7. The molecule has 0 spiro atoms. The van der Waals surface area contributed by atoms with Crippen LogP contribution in [0.15, 0.2) is 42.5 Å². The van der Waals surface area contributed by atoms with E-state index >= 15 is 0 Å². The Bertz CT molecular complexity index is 839. The minimum Gasteiger partial charge on any atom is -0.366 e. The molecule has 26 heavy (non-hydrogen) atoms. The normalized spacial score (nSPS) is 14.3. The second-order valence-electron chi connectivity index (χ2n) is 5.81. The summed E-state index contributed by atoms with van der Waals surface area (Å²) in [5, 5.41) is 2.26. The Kier molecular flexibility index (Phi) is 5.37. The molecule has 0 radical (unpaired) electrons. The van der Waals surface area contributed by atoms with Gasteiger partial charge in [0.15, 0.2) is 0 Å². The van der Waals surface area contributed by atoms with Gasteiger partial charge in [0, 0.05) is 31.9 Å². The highest BCUT2D eigenvalue weighted by atomic mass is 35.5. The zero-order valence-corrected chi connectivity index (χ0v) is 14.5. The Labute approximate surface area is 154 Å². The minimum atomic E-state index is -0.827. The first kappa shape index (κ1) is 18.1. The molecule has 0 atom stereocenters. The second-order valence-corrected chi connectivity index (χ2v) is 6.22. The highest BCUT2D eigenvalue weighted by molar-refractivity contribution is 6.39. The summed E-state index contributed by atoms with van der Waals surface area (Å²) in [6, 6.07) is 10.1. The molecule has 1 aliphatic heterocycles. The maximum Gasteiger partial charge on any atom is 0.313 e. The summed E-state index contributed by atoms with van der Waals surface area (Å²) in [6.45, 7) is 1.43. The van der Waals surface area contributed by atoms with Crippen LogP contribution in [0.3, 0.4) is 0 Å². The number of para-hydroxylation sites is 1. The summed E-state index contributed by atoms with van der Waals surface area (Å²) < 4.78 is 27.0. The van der Waals surface area contributed by atoms with E-state index < -0.39 is 17.6 Å². The van der Waals surface area contributed by atoms with Gasteiger partial charge in [0.05, 0.1) is 10.7 Å². The lowest BCUT2D eigenvalue weighted by atomic mass is 10.2. The van der Waals surface area contributed by atoms with Crippen molar-refractivity contribution in [2.24, 2.45) is 0 Å². The van der Waals surface area contributed by atoms with Crippen molar-refractivity contribution in [2.75, 3.05) is 36.4 Å². The molecule has 1 N–H and O–H groups in total. The Balaban J connectivity index is 1.58. The molecule has 0 aromatic heterocycles. The first-order valence-electron chi connectivity index (χ1n) is 8.00. The molecule has 0 saturated carbocycles. The molecule has 0 unspecified atom stereocenters. The number of anilines is 2. The van der Waals surface area contributed by atoms with Gasteiger partial charge in [0.2, 0.25) is 0 Å². The molecule has 1 fully saturated rings. The van der Waals surface area contributed by atoms with Crippen molar-refractivity contribution in [3.8, 4) is 0 Å². The Hall–Kier alpha value is -2.67. The Morgan fingerprint density at radius 2 is 1.65 bits per heavy atom. The monoisotopic (exact) mass is 379 g/mol. The molecule has 1 heterocycles. The number of amides is 2. The van der Waals surface area contributed by atoms with E-state index in [1.165, 1.54) is 23.1 Å². The van der Waals surface area contributed by atoms with Crippen molar-refractivity contribution in [1.82, 2.24) is 4.90 Å². The molecule has 0 aliphatic carbocycles. The molecule has 2 aromatic carbocycles. The van der Waals surface area contributed by atoms with Crippen LogP contribution in [0.2, 0.25) is 5.02 Å². The molecule has 5 nitrogen and oxygen atoms in total. The predicted octanol–water partition coefficient (Wildman–Crippen LogP) is 2.91. The molecule has 2 amide bonds. The number of hydrogen-bond acceptors (Lipinski definition) is 3. The van der Waals surface area contributed by atoms with E-state index in [9.17, 15) is 18.4 Å². The van der Waals surface area contributed by atoms with Crippen molar-refractivity contribution >= 4 is 34.8 Å². The van der Waals surface area contributed by atoms with Gasteiger partial charge >= 0.3 is 11.8 Å². The number of carbonyl (C=O) groups excluding carboxylic acids is 2. The Morgan fingerprint density at radius 3 is 2.31 bits per heavy atom. The molecule has 3 rings (SSSR count). The average molecular weight is 380 g/mol. The summed E-state index contributed by atoms with van der Waals surface area (Å²) in [5.41, 5.74) is 0.713. The SMILES string of the molecule is O=C(Nc1ccc(F)c(Cl)c1)C(=O)N1CCN(c2ccccc2F)CC1. The van der Waals surface area contributed by atoms with Gasteiger partial charge in [-0.25, -0.2) is 8.78 Å². The first-order valence-corrected chi connectivity index (χ1v) is 8.38. The summed E-state index contributed by atoms with van der Waals surface area (Å²) in [4.78, 5) is 27.6. The van der Waals surface area contributed by atoms with E-state index in [0.717, 1.165) is 6.07 Å². The maximum absolute atomic E-state index is 13.8. The minimum absolute atomic E-state index is 0.145. The summed E-state index contributed by atoms with van der Waals surface area (Å²) in [7, 11) is 0. The number of rotatable bonds is 2. The van der Waals surface area contributed by atoms with Crippen LogP contribution in [0.25, 0.3) is 0 Å². The van der Waals surface area contributed by atoms with Crippen molar-refractivity contribution in [3.05, 3.63) is 59.1 Å². The summed E-state index contributed by atoms with van der Waals surface area (Å²) in [5.74, 6) is -2.45. The highest BCUT2D eigenvalue weighted by Gasteiger charge is 2.27. The smallest absolute Gasteiger partial charge is 0.313 e. The molecule has 136 valence electrons. The topological polar surface area (TPSA) is 52.7 Å². The fourth-order valence-electron chi connectivity index (χ4n) is 2.76. The third-order valence-electron chi connectivity index (χ3n) is 4.13. The molecule has 2 aromatic rings. The van der Waals surface area contributed by atoms with Gasteiger partial charge in [-0.2, -0.15) is 0 Å². The first-order chi connectivity index (χ1) is 12.5. The van der Waals surface area contributed by atoms with Crippen LogP contribution in [0, 0.1) is 11.6 Å². The van der Waals surface area contributed by atoms with Gasteiger partial charge in [-0.15, -0.1) is 0 Å². The van der Waals surface area contributed by atoms with E-state index in [-0.39, 0.29) is 16.5 Å². The number of hydrogen-bond donors (Lipinski definition) is 1. The van der Waals surface area contributed by atoms with Crippen LogP contribution in [-0.4, -0.2) is 42.9 Å². The molecule has 1 aliphatic rings. The van der Waals surface area contributed by atoms with Gasteiger partial charge in [0.1, 0.15) is 11.6 Å². The molecule has 0 bridgehead atoms. The van der Waals surface area contributed by atoms with Crippen molar-refractivity contribution in [3.63, 3.8) is 0 Å². The van der Waals surface area contributed by atoms with Crippen LogP contribution in [0.4, 0.5) is 20.2 Å². The quantitative estimate of drug-likeness (QED) is 0.816. The molecular formula is C18H16ClF2N3O2. The van der Waals surface area contributed by atoms with Gasteiger partial charge in [-0.3, -0.25) is 9.59 Å². The Morgan fingerprint density at radius 1 is 0.962 bits per heavy atom. The van der Waals surface area contributed by atoms with Gasteiger partial charge < -0.3 is 15.1 Å². The third-order valence-corrected chi connectivity index (χ3v) is 4.42. The molecule has 8 heteroatoms. The van der Waals surface area contributed by atoms with Crippen molar-refractivity contribution in [2.45, 2.75) is 0 Å². The second kappa shape index (κ2) is 7.70. The van der Waals surface area contributed by atoms with Crippen molar-refractivity contribution in [1.29, 1.82) is 0 Å². The van der Waals surface area contributed by atoms with Crippen LogP contribution >= 0.6 is 11.6 Å². The van der Waals surface area contributed by atoms with Crippen LogP contribution in [0.5, 0.6) is 0 Å². The number of benzene rings is 2.